The Morgan fingerprint density at radius 3 is 2.91 bits per heavy atom. The maximum atomic E-state index is 12.4. The minimum Gasteiger partial charge on any atom is -0.396 e. The molecule has 22 heavy (non-hydrogen) atoms. The first-order valence-electron chi connectivity index (χ1n) is 7.64. The van der Waals surface area contributed by atoms with E-state index in [1.165, 1.54) is 12.1 Å². The van der Waals surface area contributed by atoms with Crippen LogP contribution < -0.4 is 0 Å². The molecule has 1 aromatic carbocycles. The number of nitrogens with zero attached hydrogens (tertiary/aromatic N) is 2. The normalized spacial score (nSPS) is 19.7. The maximum absolute atomic E-state index is 12.4. The number of aliphatic hydroxyl groups is 1. The molecule has 1 unspecified atom stereocenters. The minimum atomic E-state index is -3.39. The van der Waals surface area contributed by atoms with E-state index < -0.39 is 9.84 Å². The van der Waals surface area contributed by atoms with Crippen molar-refractivity contribution in [2.75, 3.05) is 25.4 Å². The molecule has 6 heteroatoms. The van der Waals surface area contributed by atoms with Gasteiger partial charge in [0.1, 0.15) is 0 Å². The zero-order chi connectivity index (χ0) is 16.0. The fourth-order valence-electron chi connectivity index (χ4n) is 2.94. The van der Waals surface area contributed by atoms with E-state index in [-0.39, 0.29) is 23.3 Å². The molecule has 0 amide bonds. The van der Waals surface area contributed by atoms with Crippen LogP contribution >= 0.6 is 0 Å². The lowest BCUT2D eigenvalue weighted by molar-refractivity contribution is 0.126. The third kappa shape index (κ3) is 4.29. The molecule has 1 saturated heterocycles. The van der Waals surface area contributed by atoms with Crippen LogP contribution in [0.5, 0.6) is 0 Å². The Labute approximate surface area is 132 Å². The summed E-state index contributed by atoms with van der Waals surface area (Å²) >= 11 is 0. The Bertz CT molecular complexity index is 635. The van der Waals surface area contributed by atoms with Gasteiger partial charge in [-0.2, -0.15) is 5.26 Å². The van der Waals surface area contributed by atoms with Gasteiger partial charge in [-0.25, -0.2) is 8.42 Å². The zero-order valence-corrected chi connectivity index (χ0v) is 13.4. The number of sulfone groups is 1. The van der Waals surface area contributed by atoms with Crippen LogP contribution in [0.3, 0.4) is 0 Å². The molecule has 0 aromatic heterocycles. The van der Waals surface area contributed by atoms with E-state index in [0.717, 1.165) is 25.8 Å². The first kappa shape index (κ1) is 16.9. The summed E-state index contributed by atoms with van der Waals surface area (Å²) in [4.78, 5) is 2.38. The number of nitriles is 1. The van der Waals surface area contributed by atoms with Crippen molar-refractivity contribution in [3.8, 4) is 6.07 Å². The van der Waals surface area contributed by atoms with Crippen LogP contribution in [0.15, 0.2) is 29.2 Å². The van der Waals surface area contributed by atoms with E-state index >= 15 is 0 Å². The second-order valence-corrected chi connectivity index (χ2v) is 7.77. The molecule has 1 aliphatic rings. The summed E-state index contributed by atoms with van der Waals surface area (Å²) in [6.07, 6.45) is 3.93. The highest BCUT2D eigenvalue weighted by molar-refractivity contribution is 7.91. The first-order chi connectivity index (χ1) is 10.6. The highest BCUT2D eigenvalue weighted by atomic mass is 32.2. The summed E-state index contributed by atoms with van der Waals surface area (Å²) in [6, 6.07) is 8.41. The predicted octanol–water partition coefficient (Wildman–Crippen LogP) is 1.57. The fourth-order valence-corrected chi connectivity index (χ4v) is 4.25. The first-order valence-corrected chi connectivity index (χ1v) is 9.30. The van der Waals surface area contributed by atoms with Crippen LogP contribution in [0.2, 0.25) is 0 Å². The van der Waals surface area contributed by atoms with Gasteiger partial charge >= 0.3 is 0 Å². The average molecular weight is 322 g/mol. The molecule has 1 aromatic rings. The molecule has 0 aliphatic carbocycles. The van der Waals surface area contributed by atoms with Gasteiger partial charge in [-0.05, 0) is 44.0 Å². The predicted molar refractivity (Wildman–Crippen MR) is 84.1 cm³/mol. The molecule has 5 nitrogen and oxygen atoms in total. The van der Waals surface area contributed by atoms with Gasteiger partial charge in [0.2, 0.25) is 0 Å². The molecule has 0 bridgehead atoms. The fraction of sp³-hybridized carbons (Fsp3) is 0.562. The van der Waals surface area contributed by atoms with Gasteiger partial charge in [0.25, 0.3) is 0 Å². The second-order valence-electron chi connectivity index (χ2n) is 5.66. The van der Waals surface area contributed by atoms with Gasteiger partial charge in [-0.15, -0.1) is 0 Å². The van der Waals surface area contributed by atoms with E-state index in [4.69, 9.17) is 10.4 Å². The van der Waals surface area contributed by atoms with Crippen LogP contribution in [-0.2, 0) is 9.84 Å². The lowest BCUT2D eigenvalue weighted by atomic mass is 10.00. The van der Waals surface area contributed by atoms with Crippen molar-refractivity contribution < 1.29 is 13.5 Å². The van der Waals surface area contributed by atoms with Gasteiger partial charge in [0.15, 0.2) is 9.84 Å². The Balaban J connectivity index is 2.03. The molecule has 0 spiro atoms. The van der Waals surface area contributed by atoms with Gasteiger partial charge in [-0.1, -0.05) is 12.5 Å². The largest absolute Gasteiger partial charge is 0.396 e. The van der Waals surface area contributed by atoms with E-state index in [1.807, 2.05) is 6.07 Å². The third-order valence-electron chi connectivity index (χ3n) is 4.18. The van der Waals surface area contributed by atoms with E-state index in [0.29, 0.717) is 18.5 Å². The minimum absolute atomic E-state index is 0.0454. The van der Waals surface area contributed by atoms with Crippen molar-refractivity contribution in [1.29, 1.82) is 5.26 Å². The number of hydrogen-bond acceptors (Lipinski definition) is 5. The SMILES string of the molecule is N#Cc1cccc(S(=O)(=O)CCN2CCCCC2CCO)c1. The molecular weight excluding hydrogens is 300 g/mol. The monoisotopic (exact) mass is 322 g/mol. The standard InChI is InChI=1S/C16H22N2O3S/c17-13-14-4-3-6-16(12-14)22(20,21)11-9-18-8-2-1-5-15(18)7-10-19/h3-4,6,12,15,19H,1-2,5,7-11H2. The Morgan fingerprint density at radius 1 is 1.36 bits per heavy atom. The highest BCUT2D eigenvalue weighted by Gasteiger charge is 2.24. The summed E-state index contributed by atoms with van der Waals surface area (Å²) in [7, 11) is -3.39. The quantitative estimate of drug-likeness (QED) is 0.860. The Morgan fingerprint density at radius 2 is 2.18 bits per heavy atom. The molecule has 1 atom stereocenters. The summed E-state index contributed by atoms with van der Waals surface area (Å²) in [5, 5.41) is 18.0. The average Bonchev–Trinajstić information content (AvgIpc) is 2.54. The summed E-state index contributed by atoms with van der Waals surface area (Å²) in [5.41, 5.74) is 0.359. The number of likely N-dealkylation sites (tertiary alicyclic amines) is 1. The molecule has 0 saturated carbocycles. The number of aliphatic hydroxyl groups excluding tert-OH is 1. The van der Waals surface area contributed by atoms with Crippen molar-refractivity contribution in [2.45, 2.75) is 36.6 Å². The van der Waals surface area contributed by atoms with E-state index in [1.54, 1.807) is 12.1 Å². The second kappa shape index (κ2) is 7.73. The van der Waals surface area contributed by atoms with Crippen molar-refractivity contribution in [3.63, 3.8) is 0 Å². The van der Waals surface area contributed by atoms with Crippen molar-refractivity contribution in [2.24, 2.45) is 0 Å². The Hall–Kier alpha value is -1.42. The van der Waals surface area contributed by atoms with E-state index in [2.05, 4.69) is 4.90 Å². The summed E-state index contributed by atoms with van der Waals surface area (Å²) < 4.78 is 24.8. The maximum Gasteiger partial charge on any atom is 0.179 e. The van der Waals surface area contributed by atoms with Crippen LogP contribution in [0, 0.1) is 11.3 Å². The van der Waals surface area contributed by atoms with Gasteiger partial charge in [-0.3, -0.25) is 4.90 Å². The molecular formula is C16H22N2O3S. The number of hydrogen-bond donors (Lipinski definition) is 1. The van der Waals surface area contributed by atoms with Crippen molar-refractivity contribution in [3.05, 3.63) is 29.8 Å². The van der Waals surface area contributed by atoms with Gasteiger partial charge in [0.05, 0.1) is 22.3 Å². The molecule has 0 radical (unpaired) electrons. The van der Waals surface area contributed by atoms with Crippen LogP contribution in [0.25, 0.3) is 0 Å². The third-order valence-corrected chi connectivity index (χ3v) is 5.87. The lowest BCUT2D eigenvalue weighted by Crippen LogP contribution is -2.42. The zero-order valence-electron chi connectivity index (χ0n) is 12.6. The lowest BCUT2D eigenvalue weighted by Gasteiger charge is -2.35. The number of piperidine rings is 1. The van der Waals surface area contributed by atoms with Crippen LogP contribution in [-0.4, -0.2) is 49.9 Å². The van der Waals surface area contributed by atoms with Crippen LogP contribution in [0.1, 0.15) is 31.2 Å². The number of rotatable bonds is 6. The molecule has 1 heterocycles. The van der Waals surface area contributed by atoms with Crippen molar-refractivity contribution >= 4 is 9.84 Å². The molecule has 120 valence electrons. The molecule has 1 N–H and O–H groups in total. The molecule has 1 fully saturated rings. The smallest absolute Gasteiger partial charge is 0.179 e. The van der Waals surface area contributed by atoms with Gasteiger partial charge in [0, 0.05) is 19.2 Å². The topological polar surface area (TPSA) is 81.4 Å². The van der Waals surface area contributed by atoms with Crippen LogP contribution in [0.4, 0.5) is 0 Å². The highest BCUT2D eigenvalue weighted by Crippen LogP contribution is 2.20. The molecule has 1 aliphatic heterocycles. The summed E-state index contributed by atoms with van der Waals surface area (Å²) in [6.45, 7) is 1.50. The van der Waals surface area contributed by atoms with Gasteiger partial charge < -0.3 is 5.11 Å². The van der Waals surface area contributed by atoms with Crippen molar-refractivity contribution in [1.82, 2.24) is 4.90 Å². The summed E-state index contributed by atoms with van der Waals surface area (Å²) in [5.74, 6) is 0.0454. The number of benzene rings is 1. The van der Waals surface area contributed by atoms with E-state index in [9.17, 15) is 8.42 Å². The molecule has 2 rings (SSSR count). The Kier molecular flexibility index (Phi) is 5.95.